The van der Waals surface area contributed by atoms with Crippen LogP contribution < -0.4 is 14.7 Å². The van der Waals surface area contributed by atoms with Crippen LogP contribution in [0.1, 0.15) is 12.8 Å². The van der Waals surface area contributed by atoms with Gasteiger partial charge in [0.15, 0.2) is 0 Å². The predicted molar refractivity (Wildman–Crippen MR) is 121 cm³/mol. The zero-order valence-electron chi connectivity index (χ0n) is 17.7. The van der Waals surface area contributed by atoms with E-state index in [-0.39, 0.29) is 5.41 Å². The molecule has 0 amide bonds. The SMILES string of the molecule is c1cnc(N2CCC3(CCN(c4nc(N5CCOCC5)cc5ncccc45)C3)C2)nc1. The van der Waals surface area contributed by atoms with Crippen molar-refractivity contribution < 1.29 is 4.74 Å². The number of nitrogens with zero attached hydrogens (tertiary/aromatic N) is 7. The summed E-state index contributed by atoms with van der Waals surface area (Å²) in [6, 6.07) is 8.16. The van der Waals surface area contributed by atoms with E-state index in [0.717, 1.165) is 81.0 Å². The van der Waals surface area contributed by atoms with Gasteiger partial charge in [0.05, 0.1) is 18.7 Å². The van der Waals surface area contributed by atoms with E-state index in [0.29, 0.717) is 0 Å². The summed E-state index contributed by atoms with van der Waals surface area (Å²) < 4.78 is 5.54. The van der Waals surface area contributed by atoms with Gasteiger partial charge < -0.3 is 19.4 Å². The van der Waals surface area contributed by atoms with Gasteiger partial charge in [-0.3, -0.25) is 4.98 Å². The second-order valence-electron chi connectivity index (χ2n) is 8.87. The number of hydrogen-bond acceptors (Lipinski definition) is 8. The van der Waals surface area contributed by atoms with Gasteiger partial charge in [-0.15, -0.1) is 0 Å². The lowest BCUT2D eigenvalue weighted by Crippen LogP contribution is -2.37. The predicted octanol–water partition coefficient (Wildman–Crippen LogP) is 2.36. The zero-order chi connectivity index (χ0) is 20.7. The van der Waals surface area contributed by atoms with Crippen LogP contribution in [0.25, 0.3) is 10.9 Å². The molecule has 0 N–H and O–H groups in total. The lowest BCUT2D eigenvalue weighted by molar-refractivity contribution is 0.122. The molecule has 8 heteroatoms. The third-order valence-electron chi connectivity index (χ3n) is 6.91. The highest BCUT2D eigenvalue weighted by molar-refractivity contribution is 5.91. The monoisotopic (exact) mass is 417 g/mol. The average Bonchev–Trinajstić information content (AvgIpc) is 3.46. The van der Waals surface area contributed by atoms with E-state index in [1.54, 1.807) is 0 Å². The van der Waals surface area contributed by atoms with Crippen LogP contribution in [0.4, 0.5) is 17.6 Å². The van der Waals surface area contributed by atoms with Crippen molar-refractivity contribution in [1.29, 1.82) is 0 Å². The fourth-order valence-electron chi connectivity index (χ4n) is 5.25. The van der Waals surface area contributed by atoms with Crippen molar-refractivity contribution in [2.24, 2.45) is 5.41 Å². The number of rotatable bonds is 3. The van der Waals surface area contributed by atoms with Crippen LogP contribution in [0.5, 0.6) is 0 Å². The van der Waals surface area contributed by atoms with E-state index in [2.05, 4.69) is 41.8 Å². The Morgan fingerprint density at radius 3 is 2.39 bits per heavy atom. The molecule has 0 aliphatic carbocycles. The lowest BCUT2D eigenvalue weighted by Gasteiger charge is -2.30. The van der Waals surface area contributed by atoms with Crippen molar-refractivity contribution in [1.82, 2.24) is 19.9 Å². The minimum absolute atomic E-state index is 0.268. The van der Waals surface area contributed by atoms with E-state index in [1.165, 1.54) is 12.8 Å². The topological polar surface area (TPSA) is 70.5 Å². The summed E-state index contributed by atoms with van der Waals surface area (Å²) in [7, 11) is 0. The highest BCUT2D eigenvalue weighted by Crippen LogP contribution is 2.43. The Labute approximate surface area is 181 Å². The molecule has 0 radical (unpaired) electrons. The third kappa shape index (κ3) is 3.44. The Hall–Kier alpha value is -3.00. The van der Waals surface area contributed by atoms with Crippen LogP contribution in [0, 0.1) is 5.41 Å². The van der Waals surface area contributed by atoms with Gasteiger partial charge in [-0.05, 0) is 31.0 Å². The molecule has 3 aromatic rings. The van der Waals surface area contributed by atoms with Crippen molar-refractivity contribution in [3.05, 3.63) is 42.9 Å². The summed E-state index contributed by atoms with van der Waals surface area (Å²) in [6.07, 6.45) is 7.86. The van der Waals surface area contributed by atoms with Gasteiger partial charge in [-0.2, -0.15) is 0 Å². The molecular formula is C23H27N7O. The van der Waals surface area contributed by atoms with Crippen molar-refractivity contribution in [3.8, 4) is 0 Å². The average molecular weight is 418 g/mol. The Morgan fingerprint density at radius 1 is 0.806 bits per heavy atom. The molecule has 160 valence electrons. The molecule has 31 heavy (non-hydrogen) atoms. The van der Waals surface area contributed by atoms with E-state index < -0.39 is 0 Å². The van der Waals surface area contributed by atoms with Gasteiger partial charge in [0.25, 0.3) is 0 Å². The smallest absolute Gasteiger partial charge is 0.225 e. The largest absolute Gasteiger partial charge is 0.378 e. The van der Waals surface area contributed by atoms with Gasteiger partial charge in [0.1, 0.15) is 11.6 Å². The maximum absolute atomic E-state index is 5.54. The number of pyridine rings is 2. The Morgan fingerprint density at radius 2 is 1.55 bits per heavy atom. The number of ether oxygens (including phenoxy) is 1. The standard InChI is InChI=1S/C23H27N7O/c1-3-18-19(24-6-1)15-20(28-11-13-31-14-12-28)27-21(18)29-9-4-23(16-29)5-10-30(17-23)22-25-7-2-8-26-22/h1-3,6-8,15H,4-5,9-14,16-17H2. The van der Waals surface area contributed by atoms with Crippen LogP contribution in [0.3, 0.4) is 0 Å². The fraction of sp³-hybridized carbons (Fsp3) is 0.478. The second-order valence-corrected chi connectivity index (χ2v) is 8.87. The highest BCUT2D eigenvalue weighted by atomic mass is 16.5. The number of aromatic nitrogens is 4. The summed E-state index contributed by atoms with van der Waals surface area (Å²) in [5, 5.41) is 1.14. The summed E-state index contributed by atoms with van der Waals surface area (Å²) in [4.78, 5) is 25.9. The number of morpholine rings is 1. The lowest BCUT2D eigenvalue weighted by atomic mass is 9.86. The second kappa shape index (κ2) is 7.60. The molecule has 0 saturated carbocycles. The van der Waals surface area contributed by atoms with Gasteiger partial charge in [0, 0.05) is 74.7 Å². The molecule has 1 unspecified atom stereocenters. The van der Waals surface area contributed by atoms with Crippen molar-refractivity contribution in [2.75, 3.05) is 67.2 Å². The summed E-state index contributed by atoms with van der Waals surface area (Å²) in [5.41, 5.74) is 1.28. The zero-order valence-corrected chi connectivity index (χ0v) is 17.7. The quantitative estimate of drug-likeness (QED) is 0.643. The van der Waals surface area contributed by atoms with Crippen molar-refractivity contribution in [3.63, 3.8) is 0 Å². The first kappa shape index (κ1) is 18.7. The van der Waals surface area contributed by atoms with Crippen LogP contribution >= 0.6 is 0 Å². The maximum atomic E-state index is 5.54. The van der Waals surface area contributed by atoms with E-state index in [9.17, 15) is 0 Å². The fourth-order valence-corrected chi connectivity index (χ4v) is 5.25. The van der Waals surface area contributed by atoms with Gasteiger partial charge in [0.2, 0.25) is 5.95 Å². The molecule has 3 fully saturated rings. The minimum Gasteiger partial charge on any atom is -0.378 e. The Balaban J connectivity index is 1.29. The summed E-state index contributed by atoms with van der Waals surface area (Å²) in [5.74, 6) is 2.93. The molecular weight excluding hydrogens is 390 g/mol. The molecule has 3 aliphatic rings. The molecule has 3 aromatic heterocycles. The molecule has 3 saturated heterocycles. The van der Waals surface area contributed by atoms with Crippen LogP contribution in [-0.4, -0.2) is 72.4 Å². The van der Waals surface area contributed by atoms with Crippen LogP contribution in [0.15, 0.2) is 42.9 Å². The number of fused-ring (bicyclic) bond motifs is 1. The Kier molecular flexibility index (Phi) is 4.60. The van der Waals surface area contributed by atoms with Crippen LogP contribution in [0.2, 0.25) is 0 Å². The maximum Gasteiger partial charge on any atom is 0.225 e. The third-order valence-corrected chi connectivity index (χ3v) is 6.91. The van der Waals surface area contributed by atoms with Gasteiger partial charge in [-0.25, -0.2) is 15.0 Å². The Bertz CT molecular complexity index is 1070. The molecule has 3 aliphatic heterocycles. The summed E-state index contributed by atoms with van der Waals surface area (Å²) in [6.45, 7) is 7.31. The normalized spacial score (nSPS) is 23.9. The van der Waals surface area contributed by atoms with Crippen LogP contribution in [-0.2, 0) is 4.74 Å². The van der Waals surface area contributed by atoms with E-state index >= 15 is 0 Å². The van der Waals surface area contributed by atoms with E-state index in [1.807, 2.05) is 30.7 Å². The molecule has 0 aromatic carbocycles. The molecule has 6 rings (SSSR count). The summed E-state index contributed by atoms with van der Waals surface area (Å²) >= 11 is 0. The first-order valence-electron chi connectivity index (χ1n) is 11.2. The first-order valence-corrected chi connectivity index (χ1v) is 11.2. The highest BCUT2D eigenvalue weighted by Gasteiger charge is 2.44. The van der Waals surface area contributed by atoms with Crippen molar-refractivity contribution >= 4 is 28.5 Å². The molecule has 1 spiro atoms. The molecule has 0 bridgehead atoms. The molecule has 1 atom stereocenters. The number of hydrogen-bond donors (Lipinski definition) is 0. The number of anilines is 3. The first-order chi connectivity index (χ1) is 15.3. The van der Waals surface area contributed by atoms with E-state index in [4.69, 9.17) is 9.72 Å². The minimum atomic E-state index is 0.268. The molecule has 8 nitrogen and oxygen atoms in total. The van der Waals surface area contributed by atoms with Crippen molar-refractivity contribution in [2.45, 2.75) is 12.8 Å². The van der Waals surface area contributed by atoms with Gasteiger partial charge >= 0.3 is 0 Å². The van der Waals surface area contributed by atoms with Gasteiger partial charge in [-0.1, -0.05) is 0 Å². The molecule has 6 heterocycles.